The first-order valence-electron chi connectivity index (χ1n) is 16.1. The number of hydrogen-bond donors (Lipinski definition) is 0. The second-order valence-electron chi connectivity index (χ2n) is 12.3. The molecule has 1 heterocycles. The first-order valence-corrected chi connectivity index (χ1v) is 16.1. The van der Waals surface area contributed by atoms with E-state index in [0.717, 1.165) is 38.6 Å². The molecule has 1 aromatic heterocycles. The van der Waals surface area contributed by atoms with Crippen molar-refractivity contribution in [2.24, 2.45) is 0 Å². The van der Waals surface area contributed by atoms with Crippen LogP contribution in [0.4, 0.5) is 0 Å². The molecule has 0 atom stereocenters. The molecule has 0 unspecified atom stereocenters. The van der Waals surface area contributed by atoms with Crippen molar-refractivity contribution in [3.8, 4) is 28.0 Å². The second kappa shape index (κ2) is 9.94. The van der Waals surface area contributed by atoms with Gasteiger partial charge < -0.3 is 9.15 Å². The zero-order chi connectivity index (χ0) is 31.1. The Morgan fingerprint density at radius 1 is 0.383 bits per heavy atom. The van der Waals surface area contributed by atoms with Gasteiger partial charge in [-0.15, -0.1) is 0 Å². The summed E-state index contributed by atoms with van der Waals surface area (Å²) in [5.41, 5.74) is 6.58. The minimum Gasteiger partial charge on any atom is -0.495 e. The quantitative estimate of drug-likeness (QED) is 0.188. The third-order valence-electron chi connectivity index (χ3n) is 9.92. The summed E-state index contributed by atoms with van der Waals surface area (Å²) in [6, 6.07) is 54.4. The van der Waals surface area contributed by atoms with Gasteiger partial charge in [-0.2, -0.15) is 0 Å². The van der Waals surface area contributed by atoms with Crippen LogP contribution >= 0.6 is 0 Å². The zero-order valence-corrected chi connectivity index (χ0v) is 25.8. The van der Waals surface area contributed by atoms with Crippen LogP contribution in [-0.2, 0) is 0 Å². The van der Waals surface area contributed by atoms with Crippen LogP contribution < -0.4 is 4.74 Å². The molecule has 0 spiro atoms. The molecule has 0 aliphatic carbocycles. The summed E-state index contributed by atoms with van der Waals surface area (Å²) < 4.78 is 12.9. The van der Waals surface area contributed by atoms with Crippen molar-refractivity contribution in [1.29, 1.82) is 0 Å². The Kier molecular flexibility index (Phi) is 5.53. The van der Waals surface area contributed by atoms with Gasteiger partial charge in [-0.25, -0.2) is 0 Å². The van der Waals surface area contributed by atoms with Gasteiger partial charge in [0, 0.05) is 32.7 Å². The van der Waals surface area contributed by atoms with Gasteiger partial charge in [-0.3, -0.25) is 0 Å². The van der Waals surface area contributed by atoms with Gasteiger partial charge in [0.15, 0.2) is 0 Å². The van der Waals surface area contributed by atoms with E-state index in [-0.39, 0.29) is 0 Å². The molecule has 2 nitrogen and oxygen atoms in total. The Morgan fingerprint density at radius 3 is 1.38 bits per heavy atom. The predicted molar refractivity (Wildman–Crippen MR) is 199 cm³/mol. The lowest BCUT2D eigenvalue weighted by Gasteiger charge is -2.21. The zero-order valence-electron chi connectivity index (χ0n) is 25.8. The van der Waals surface area contributed by atoms with E-state index in [2.05, 4.69) is 152 Å². The Labute approximate surface area is 271 Å². The molecule has 9 aromatic carbocycles. The lowest BCUT2D eigenvalue weighted by atomic mass is 9.82. The van der Waals surface area contributed by atoms with Crippen molar-refractivity contribution in [2.75, 3.05) is 7.11 Å². The standard InChI is InChI=1S/C45H28O2/c1-46-44-35-21-10-8-19-33(35)43(34-20-9-11-22-36(34)44)42-31-17-6-4-15-29(31)40(30-16-5-7-18-32(30)42)37-23-12-24-38-41-28-14-3-2-13-27(28)25-26-39(41)47-45(37)38/h2-26H,1H3. The Balaban J connectivity index is 1.39. The number of rotatable bonds is 3. The second-order valence-corrected chi connectivity index (χ2v) is 12.3. The van der Waals surface area contributed by atoms with Crippen LogP contribution in [0.5, 0.6) is 5.75 Å². The van der Waals surface area contributed by atoms with Gasteiger partial charge >= 0.3 is 0 Å². The third-order valence-corrected chi connectivity index (χ3v) is 9.92. The van der Waals surface area contributed by atoms with Crippen LogP contribution in [0.1, 0.15) is 0 Å². The number of fused-ring (bicyclic) bond motifs is 9. The SMILES string of the molecule is COc1c2ccccc2c(-c2c3ccccc3c(-c3cccc4c3oc3ccc5ccccc5c34)c3ccccc23)c2ccccc12. The predicted octanol–water partition coefficient (Wildman–Crippen LogP) is 12.7. The summed E-state index contributed by atoms with van der Waals surface area (Å²) in [6.07, 6.45) is 0. The van der Waals surface area contributed by atoms with Gasteiger partial charge in [0.05, 0.1) is 7.11 Å². The fraction of sp³-hybridized carbons (Fsp3) is 0.0222. The van der Waals surface area contributed by atoms with Crippen molar-refractivity contribution in [3.05, 3.63) is 152 Å². The molecule has 220 valence electrons. The Hall–Kier alpha value is -6.12. The first-order chi connectivity index (χ1) is 23.3. The molecule has 0 saturated carbocycles. The fourth-order valence-corrected chi connectivity index (χ4v) is 8.03. The molecule has 10 aromatic rings. The molecule has 10 rings (SSSR count). The fourth-order valence-electron chi connectivity index (χ4n) is 8.03. The van der Waals surface area contributed by atoms with Gasteiger partial charge in [0.2, 0.25) is 0 Å². The maximum atomic E-state index is 6.79. The van der Waals surface area contributed by atoms with Crippen LogP contribution in [0.15, 0.2) is 156 Å². The lowest BCUT2D eigenvalue weighted by molar-refractivity contribution is 0.424. The van der Waals surface area contributed by atoms with Gasteiger partial charge in [-0.05, 0) is 60.3 Å². The molecule has 0 aliphatic heterocycles. The normalized spacial score (nSPS) is 11.9. The van der Waals surface area contributed by atoms with Crippen molar-refractivity contribution in [1.82, 2.24) is 0 Å². The molecule has 0 radical (unpaired) electrons. The monoisotopic (exact) mass is 600 g/mol. The van der Waals surface area contributed by atoms with E-state index < -0.39 is 0 Å². The number of furan rings is 1. The number of hydrogen-bond acceptors (Lipinski definition) is 2. The summed E-state index contributed by atoms with van der Waals surface area (Å²) in [5, 5.41) is 14.1. The van der Waals surface area contributed by atoms with E-state index in [1.54, 1.807) is 7.11 Å². The molecule has 47 heavy (non-hydrogen) atoms. The van der Waals surface area contributed by atoms with Crippen molar-refractivity contribution < 1.29 is 9.15 Å². The summed E-state index contributed by atoms with van der Waals surface area (Å²) >= 11 is 0. The van der Waals surface area contributed by atoms with E-state index >= 15 is 0 Å². The number of methoxy groups -OCH3 is 1. The average molecular weight is 601 g/mol. The van der Waals surface area contributed by atoms with Crippen LogP contribution in [0, 0.1) is 0 Å². The molecule has 0 saturated heterocycles. The molecular weight excluding hydrogens is 572 g/mol. The Bertz CT molecular complexity index is 2780. The summed E-state index contributed by atoms with van der Waals surface area (Å²) in [4.78, 5) is 0. The van der Waals surface area contributed by atoms with E-state index in [1.165, 1.54) is 65.2 Å². The lowest BCUT2D eigenvalue weighted by Crippen LogP contribution is -1.95. The van der Waals surface area contributed by atoms with Crippen LogP contribution in [-0.4, -0.2) is 7.11 Å². The van der Waals surface area contributed by atoms with Crippen LogP contribution in [0.25, 0.3) is 98.1 Å². The van der Waals surface area contributed by atoms with Crippen LogP contribution in [0.2, 0.25) is 0 Å². The number of benzene rings is 9. The molecule has 0 fully saturated rings. The van der Waals surface area contributed by atoms with Crippen molar-refractivity contribution in [2.45, 2.75) is 0 Å². The third kappa shape index (κ3) is 3.61. The summed E-state index contributed by atoms with van der Waals surface area (Å²) in [5.74, 6) is 0.911. The maximum Gasteiger partial charge on any atom is 0.143 e. The highest BCUT2D eigenvalue weighted by Crippen LogP contribution is 2.51. The number of para-hydroxylation sites is 1. The first kappa shape index (κ1) is 26.1. The van der Waals surface area contributed by atoms with E-state index in [4.69, 9.17) is 9.15 Å². The summed E-state index contributed by atoms with van der Waals surface area (Å²) in [6.45, 7) is 0. The highest BCUT2D eigenvalue weighted by molar-refractivity contribution is 6.30. The average Bonchev–Trinajstić information content (AvgIpc) is 3.53. The van der Waals surface area contributed by atoms with Gasteiger partial charge in [0.25, 0.3) is 0 Å². The molecule has 0 bridgehead atoms. The largest absolute Gasteiger partial charge is 0.495 e. The van der Waals surface area contributed by atoms with Gasteiger partial charge in [0.1, 0.15) is 16.9 Å². The molecule has 2 heteroatoms. The molecule has 0 amide bonds. The molecular formula is C45H28O2. The van der Waals surface area contributed by atoms with Crippen molar-refractivity contribution in [3.63, 3.8) is 0 Å². The van der Waals surface area contributed by atoms with E-state index in [1.807, 2.05) is 0 Å². The topological polar surface area (TPSA) is 22.4 Å². The van der Waals surface area contributed by atoms with E-state index in [0.29, 0.717) is 0 Å². The number of ether oxygens (including phenoxy) is 1. The minimum atomic E-state index is 0.910. The van der Waals surface area contributed by atoms with Crippen LogP contribution in [0.3, 0.4) is 0 Å². The molecule has 0 N–H and O–H groups in total. The van der Waals surface area contributed by atoms with Crippen molar-refractivity contribution >= 4 is 75.8 Å². The highest BCUT2D eigenvalue weighted by Gasteiger charge is 2.23. The van der Waals surface area contributed by atoms with Gasteiger partial charge in [-0.1, -0.05) is 146 Å². The highest BCUT2D eigenvalue weighted by atomic mass is 16.5. The smallest absolute Gasteiger partial charge is 0.143 e. The minimum absolute atomic E-state index is 0.910. The molecule has 0 aliphatic rings. The maximum absolute atomic E-state index is 6.79. The summed E-state index contributed by atoms with van der Waals surface area (Å²) in [7, 11) is 1.77. The Morgan fingerprint density at radius 2 is 0.830 bits per heavy atom. The van der Waals surface area contributed by atoms with E-state index in [9.17, 15) is 0 Å².